The number of fused-ring (bicyclic) bond motifs is 2. The van der Waals surface area contributed by atoms with Gasteiger partial charge in [0.25, 0.3) is 5.69 Å². The number of unbranched alkanes of at least 4 members (excludes halogenated alkanes) is 2. The van der Waals surface area contributed by atoms with Crippen LogP contribution >= 0.6 is 0 Å². The lowest BCUT2D eigenvalue weighted by Gasteiger charge is -2.59. The number of nitro benzene ring substituents is 1. The summed E-state index contributed by atoms with van der Waals surface area (Å²) in [5.41, 5.74) is 2.11. The van der Waals surface area contributed by atoms with Crippen LogP contribution in [-0.4, -0.2) is 89.8 Å². The van der Waals surface area contributed by atoms with Gasteiger partial charge in [-0.15, -0.1) is 6.58 Å². The normalized spacial score (nSPS) is 24.3. The second kappa shape index (κ2) is 19.0. The van der Waals surface area contributed by atoms with Crippen LogP contribution in [0.1, 0.15) is 70.3 Å². The molecule has 1 saturated carbocycles. The van der Waals surface area contributed by atoms with Gasteiger partial charge in [0.2, 0.25) is 5.79 Å². The number of carbonyl (C=O) groups excluding carboxylic acids is 2. The molecule has 0 spiro atoms. The second-order valence-electron chi connectivity index (χ2n) is 13.8. The predicted octanol–water partition coefficient (Wildman–Crippen LogP) is 6.49. The van der Waals surface area contributed by atoms with Crippen molar-refractivity contribution in [3.63, 3.8) is 0 Å². The quantitative estimate of drug-likeness (QED) is 0.0651. The molecule has 1 aliphatic heterocycles. The topological polar surface area (TPSA) is 192 Å². The van der Waals surface area contributed by atoms with E-state index in [0.717, 1.165) is 36.8 Å². The molecule has 2 aromatic carbocycles. The number of non-ortho nitro benzene ring substituents is 1. The van der Waals surface area contributed by atoms with Gasteiger partial charge in [-0.05, 0) is 87.3 Å². The van der Waals surface area contributed by atoms with Gasteiger partial charge in [-0.25, -0.2) is 9.59 Å². The minimum atomic E-state index is -1.51. The summed E-state index contributed by atoms with van der Waals surface area (Å²) >= 11 is 0. The van der Waals surface area contributed by atoms with E-state index in [9.17, 15) is 29.9 Å². The van der Waals surface area contributed by atoms with Crippen LogP contribution in [0.5, 0.6) is 17.2 Å². The van der Waals surface area contributed by atoms with Gasteiger partial charge in [-0.2, -0.15) is 0 Å². The zero-order valence-corrected chi connectivity index (χ0v) is 31.7. The summed E-state index contributed by atoms with van der Waals surface area (Å²) in [5.74, 6) is -1.48. The Hall–Kier alpha value is -4.99. The number of oxime groups is 1. The maximum absolute atomic E-state index is 14.0. The van der Waals surface area contributed by atoms with E-state index in [2.05, 4.69) is 23.1 Å². The van der Waals surface area contributed by atoms with E-state index in [1.165, 1.54) is 29.2 Å². The molecule has 3 N–H and O–H groups in total. The van der Waals surface area contributed by atoms with E-state index in [1.807, 2.05) is 13.0 Å². The van der Waals surface area contributed by atoms with Crippen molar-refractivity contribution in [1.29, 1.82) is 0 Å². The molecule has 2 amide bonds. The Bertz CT molecular complexity index is 1730. The van der Waals surface area contributed by atoms with E-state index >= 15 is 0 Å². The Morgan fingerprint density at radius 2 is 1.78 bits per heavy atom. The first kappa shape index (κ1) is 41.2. The summed E-state index contributed by atoms with van der Waals surface area (Å²) in [7, 11) is 1.58. The Labute approximate surface area is 321 Å². The molecule has 0 aromatic heterocycles. The van der Waals surface area contributed by atoms with Crippen molar-refractivity contribution in [2.75, 3.05) is 40.0 Å². The van der Waals surface area contributed by atoms with Crippen LogP contribution in [-0.2, 0) is 9.57 Å². The summed E-state index contributed by atoms with van der Waals surface area (Å²) in [4.78, 5) is 44.4. The monoisotopic (exact) mass is 764 g/mol. The van der Waals surface area contributed by atoms with Crippen LogP contribution in [0.3, 0.4) is 0 Å². The number of rotatable bonds is 18. The van der Waals surface area contributed by atoms with Crippen LogP contribution in [0.25, 0.3) is 0 Å². The molecule has 6 unspecified atom stereocenters. The van der Waals surface area contributed by atoms with Crippen molar-refractivity contribution in [2.45, 2.75) is 76.5 Å². The number of hydrogen-bond acceptors (Lipinski definition) is 12. The van der Waals surface area contributed by atoms with Crippen LogP contribution < -0.4 is 19.5 Å². The maximum atomic E-state index is 14.0. The molecule has 55 heavy (non-hydrogen) atoms. The zero-order valence-electron chi connectivity index (χ0n) is 31.7. The lowest BCUT2D eigenvalue weighted by Crippen LogP contribution is -2.69. The molecule has 0 saturated heterocycles. The Kier molecular flexibility index (Phi) is 14.3. The molecule has 2 aliphatic carbocycles. The van der Waals surface area contributed by atoms with Gasteiger partial charge in [-0.3, -0.25) is 10.1 Å². The molecule has 2 aromatic rings. The van der Waals surface area contributed by atoms with Gasteiger partial charge < -0.3 is 44.2 Å². The van der Waals surface area contributed by atoms with Gasteiger partial charge in [-0.1, -0.05) is 30.1 Å². The largest absolute Gasteiger partial charge is 0.459 e. The summed E-state index contributed by atoms with van der Waals surface area (Å²) < 4.78 is 25.3. The van der Waals surface area contributed by atoms with Crippen molar-refractivity contribution in [1.82, 2.24) is 10.2 Å². The fourth-order valence-corrected chi connectivity index (χ4v) is 8.16. The average Bonchev–Trinajstić information content (AvgIpc) is 3.17. The van der Waals surface area contributed by atoms with Crippen LogP contribution in [0, 0.1) is 27.9 Å². The highest BCUT2D eigenvalue weighted by atomic mass is 16.7. The number of benzene rings is 2. The number of allylic oxidation sites excluding steroid dienone is 1. The number of carbonyl (C=O) groups is 2. The van der Waals surface area contributed by atoms with E-state index in [-0.39, 0.29) is 55.4 Å². The highest BCUT2D eigenvalue weighted by Crippen LogP contribution is 2.61. The molecule has 1 fully saturated rings. The average molecular weight is 765 g/mol. The number of ether oxygens (including phenoxy) is 4. The van der Waals surface area contributed by atoms with Crippen molar-refractivity contribution in [2.24, 2.45) is 22.9 Å². The third kappa shape index (κ3) is 9.11. The third-order valence-electron chi connectivity index (χ3n) is 10.5. The molecule has 15 heteroatoms. The fourth-order valence-electron chi connectivity index (χ4n) is 8.16. The zero-order chi connectivity index (χ0) is 39.5. The Balaban J connectivity index is 1.70. The molecule has 3 aliphatic rings. The summed E-state index contributed by atoms with van der Waals surface area (Å²) in [6.07, 6.45) is 6.91. The molecule has 298 valence electrons. The minimum absolute atomic E-state index is 0.0192. The first-order valence-electron chi connectivity index (χ1n) is 19.0. The van der Waals surface area contributed by atoms with E-state index in [4.69, 9.17) is 23.8 Å². The molecule has 15 nitrogen and oxygen atoms in total. The van der Waals surface area contributed by atoms with Crippen molar-refractivity contribution >= 4 is 23.6 Å². The standard InChI is InChI=1S/C40H52N4O11/c1-5-22-51-40-35(43(4)39(48)54-28-16-14-27(15-17-28)44(49)50)25-33(42-52-7-3)31-23-26(12-8-10-20-45)30(13-9-11-21-46)36(37(31)40)32-24-29(18-19-34(32)55-40)53-38(47)41-6-2/h5,14-19,23-24,26,30,35-37,45-46H,1,6-13,20-22,25H2,2-4H3,(H,41,47). The second-order valence-corrected chi connectivity index (χ2v) is 13.8. The number of hydrogen-bond donors (Lipinski definition) is 3. The number of nitro groups is 1. The Morgan fingerprint density at radius 3 is 2.44 bits per heavy atom. The predicted molar refractivity (Wildman–Crippen MR) is 203 cm³/mol. The van der Waals surface area contributed by atoms with Gasteiger partial charge in [0.15, 0.2) is 0 Å². The summed E-state index contributed by atoms with van der Waals surface area (Å²) in [5, 5.41) is 38.0. The maximum Gasteiger partial charge on any atom is 0.415 e. The van der Waals surface area contributed by atoms with Crippen molar-refractivity contribution < 1.29 is 48.5 Å². The van der Waals surface area contributed by atoms with E-state index in [0.29, 0.717) is 43.2 Å². The molecule has 5 rings (SSSR count). The first-order chi connectivity index (χ1) is 26.6. The number of amides is 2. The molecule has 0 radical (unpaired) electrons. The van der Waals surface area contributed by atoms with Crippen molar-refractivity contribution in [3.8, 4) is 17.2 Å². The van der Waals surface area contributed by atoms with Crippen LogP contribution in [0.15, 0.2) is 71.9 Å². The summed E-state index contributed by atoms with van der Waals surface area (Å²) in [6.45, 7) is 8.42. The van der Waals surface area contributed by atoms with Gasteiger partial charge in [0.1, 0.15) is 29.9 Å². The number of nitrogens with one attached hydrogen (secondary N) is 1. The van der Waals surface area contributed by atoms with Gasteiger partial charge in [0, 0.05) is 56.8 Å². The van der Waals surface area contributed by atoms with Gasteiger partial charge in [0.05, 0.1) is 23.2 Å². The number of nitrogens with zero attached hydrogens (tertiary/aromatic N) is 3. The highest BCUT2D eigenvalue weighted by Gasteiger charge is 2.65. The van der Waals surface area contributed by atoms with Gasteiger partial charge >= 0.3 is 12.2 Å². The number of aliphatic hydroxyl groups is 2. The smallest absolute Gasteiger partial charge is 0.415 e. The third-order valence-corrected chi connectivity index (χ3v) is 10.5. The molecule has 0 bridgehead atoms. The minimum Gasteiger partial charge on any atom is -0.459 e. The molecule has 1 heterocycles. The Morgan fingerprint density at radius 1 is 1.07 bits per heavy atom. The van der Waals surface area contributed by atoms with E-state index < -0.39 is 34.9 Å². The van der Waals surface area contributed by atoms with Crippen molar-refractivity contribution in [3.05, 3.63) is 82.4 Å². The number of likely N-dealkylation sites (N-methyl/N-ethyl adjacent to an activating group) is 1. The van der Waals surface area contributed by atoms with Crippen LogP contribution in [0.2, 0.25) is 0 Å². The van der Waals surface area contributed by atoms with Crippen LogP contribution in [0.4, 0.5) is 15.3 Å². The number of aliphatic hydroxyl groups excluding tert-OH is 2. The fraction of sp³-hybridized carbons (Fsp3) is 0.525. The molecular weight excluding hydrogens is 712 g/mol. The van der Waals surface area contributed by atoms with E-state index in [1.54, 1.807) is 32.2 Å². The molecular formula is C40H52N4O11. The summed E-state index contributed by atoms with van der Waals surface area (Å²) in [6, 6.07) is 9.62. The first-order valence-corrected chi connectivity index (χ1v) is 19.0. The lowest BCUT2D eigenvalue weighted by molar-refractivity contribution is -0.384. The molecule has 6 atom stereocenters. The SMILES string of the molecule is C=CCOC12Oc3ccc(OC(=O)NCC)cc3C3C(CCCCO)C(CCCCO)C=C(C(=NOCC)CC1N(C)C(=O)Oc1ccc([N+](=O)[O-])cc1)C32. The highest BCUT2D eigenvalue weighted by molar-refractivity contribution is 6.03. The lowest BCUT2D eigenvalue weighted by atomic mass is 9.55.